The van der Waals surface area contributed by atoms with Crippen LogP contribution in [0.4, 0.5) is 5.69 Å². The Morgan fingerprint density at radius 1 is 1.15 bits per heavy atom. The van der Waals surface area contributed by atoms with E-state index >= 15 is 0 Å². The van der Waals surface area contributed by atoms with Gasteiger partial charge in [0.2, 0.25) is 0 Å². The van der Waals surface area contributed by atoms with Gasteiger partial charge in [0, 0.05) is 45.8 Å². The molecule has 2 aromatic carbocycles. The summed E-state index contributed by atoms with van der Waals surface area (Å²) >= 11 is 6.29. The summed E-state index contributed by atoms with van der Waals surface area (Å²) in [4.78, 5) is 17.0. The van der Waals surface area contributed by atoms with Crippen LogP contribution in [-0.4, -0.2) is 21.4 Å². The van der Waals surface area contributed by atoms with Crippen LogP contribution in [0.5, 0.6) is 0 Å². The van der Waals surface area contributed by atoms with Gasteiger partial charge in [-0.1, -0.05) is 29.8 Å². The van der Waals surface area contributed by atoms with E-state index in [2.05, 4.69) is 10.3 Å². The largest absolute Gasteiger partial charge is 0.322 e. The van der Waals surface area contributed by atoms with Gasteiger partial charge in [-0.3, -0.25) is 14.0 Å². The van der Waals surface area contributed by atoms with Crippen molar-refractivity contribution >= 4 is 34.0 Å². The Morgan fingerprint density at radius 2 is 1.96 bits per heavy atom. The lowest BCUT2D eigenvalue weighted by molar-refractivity contribution is 0.102. The predicted octanol–water partition coefficient (Wildman–Crippen LogP) is 4.84. The molecular formula is C21H19ClN2O2S. The molecule has 4 nitrogen and oxygen atoms in total. The van der Waals surface area contributed by atoms with Crippen molar-refractivity contribution in [1.29, 1.82) is 0 Å². The maximum atomic E-state index is 12.7. The molecule has 0 aliphatic heterocycles. The van der Waals surface area contributed by atoms with Crippen LogP contribution in [0.1, 0.15) is 21.5 Å². The molecule has 1 amide bonds. The highest BCUT2D eigenvalue weighted by Crippen LogP contribution is 2.29. The second kappa shape index (κ2) is 8.46. The van der Waals surface area contributed by atoms with E-state index in [4.69, 9.17) is 11.6 Å². The van der Waals surface area contributed by atoms with Crippen molar-refractivity contribution in [2.24, 2.45) is 0 Å². The van der Waals surface area contributed by atoms with Crippen molar-refractivity contribution < 1.29 is 9.00 Å². The summed E-state index contributed by atoms with van der Waals surface area (Å²) in [6.45, 7) is 1.87. The zero-order valence-electron chi connectivity index (χ0n) is 15.0. The third kappa shape index (κ3) is 4.81. The molecule has 1 unspecified atom stereocenters. The number of nitrogens with zero attached hydrogens (tertiary/aromatic N) is 1. The first kappa shape index (κ1) is 19.3. The topological polar surface area (TPSA) is 59.1 Å². The minimum absolute atomic E-state index is 0.203. The molecule has 0 radical (unpaired) electrons. The SMILES string of the molecule is Cc1cc(CS(C)=O)ccc1C(=O)Nc1ccc(Cl)c(-c2ccccn2)c1. The van der Waals surface area contributed by atoms with Crippen molar-refractivity contribution in [2.75, 3.05) is 11.6 Å². The van der Waals surface area contributed by atoms with Gasteiger partial charge in [-0.25, -0.2) is 0 Å². The summed E-state index contributed by atoms with van der Waals surface area (Å²) in [6, 6.07) is 16.4. The average Bonchev–Trinajstić information content (AvgIpc) is 2.63. The van der Waals surface area contributed by atoms with E-state index < -0.39 is 10.8 Å². The van der Waals surface area contributed by atoms with Gasteiger partial charge in [-0.2, -0.15) is 0 Å². The van der Waals surface area contributed by atoms with Crippen LogP contribution in [0, 0.1) is 6.92 Å². The Morgan fingerprint density at radius 3 is 2.63 bits per heavy atom. The standard InChI is InChI=1S/C21H19ClN2O2S/c1-14-11-15(13-27(2)26)6-8-17(14)21(25)24-16-7-9-19(22)18(12-16)20-5-3-4-10-23-20/h3-12H,13H2,1-2H3,(H,24,25). The lowest BCUT2D eigenvalue weighted by Crippen LogP contribution is -2.13. The molecular weight excluding hydrogens is 380 g/mol. The molecule has 3 aromatic rings. The summed E-state index contributed by atoms with van der Waals surface area (Å²) < 4.78 is 11.4. The van der Waals surface area contributed by atoms with Crippen molar-refractivity contribution in [3.63, 3.8) is 0 Å². The Labute approximate surface area is 166 Å². The molecule has 0 bridgehead atoms. The zero-order chi connectivity index (χ0) is 19.4. The van der Waals surface area contributed by atoms with E-state index in [-0.39, 0.29) is 5.91 Å². The van der Waals surface area contributed by atoms with Crippen molar-refractivity contribution in [3.05, 3.63) is 82.5 Å². The summed E-state index contributed by atoms with van der Waals surface area (Å²) in [7, 11) is -0.916. The molecule has 0 aliphatic rings. The molecule has 0 saturated heterocycles. The molecule has 3 rings (SSSR count). The number of aromatic nitrogens is 1. The minimum atomic E-state index is -0.916. The fourth-order valence-corrected chi connectivity index (χ4v) is 3.69. The van der Waals surface area contributed by atoms with Gasteiger partial charge in [-0.15, -0.1) is 0 Å². The fraction of sp³-hybridized carbons (Fsp3) is 0.143. The van der Waals surface area contributed by atoms with Crippen LogP contribution in [-0.2, 0) is 16.6 Å². The fourth-order valence-electron chi connectivity index (χ4n) is 2.82. The number of amides is 1. The van der Waals surface area contributed by atoms with Gasteiger partial charge < -0.3 is 5.32 Å². The van der Waals surface area contributed by atoms with Gasteiger partial charge in [0.15, 0.2) is 0 Å². The van der Waals surface area contributed by atoms with E-state index in [0.717, 1.165) is 22.4 Å². The number of carbonyl (C=O) groups is 1. The lowest BCUT2D eigenvalue weighted by Gasteiger charge is -2.11. The highest BCUT2D eigenvalue weighted by Gasteiger charge is 2.12. The van der Waals surface area contributed by atoms with Crippen molar-refractivity contribution in [2.45, 2.75) is 12.7 Å². The number of benzene rings is 2. The molecule has 1 heterocycles. The number of carbonyl (C=O) groups excluding carboxylic acids is 1. The Kier molecular flexibility index (Phi) is 6.04. The van der Waals surface area contributed by atoms with Crippen LogP contribution in [0.25, 0.3) is 11.3 Å². The molecule has 0 fully saturated rings. The first-order valence-corrected chi connectivity index (χ1v) is 10.5. The highest BCUT2D eigenvalue weighted by atomic mass is 35.5. The number of nitrogens with one attached hydrogen (secondary N) is 1. The summed E-state index contributed by atoms with van der Waals surface area (Å²) in [5.74, 6) is 0.277. The van der Waals surface area contributed by atoms with Crippen molar-refractivity contribution in [3.8, 4) is 11.3 Å². The molecule has 6 heteroatoms. The van der Waals surface area contributed by atoms with Crippen LogP contribution in [0.15, 0.2) is 60.8 Å². The number of halogens is 1. The van der Waals surface area contributed by atoms with Crippen molar-refractivity contribution in [1.82, 2.24) is 4.98 Å². The molecule has 138 valence electrons. The van der Waals surface area contributed by atoms with Crippen LogP contribution >= 0.6 is 11.6 Å². The number of anilines is 1. The third-order valence-corrected chi connectivity index (χ3v) is 5.14. The Hall–Kier alpha value is -2.50. The maximum absolute atomic E-state index is 12.7. The Bertz CT molecular complexity index is 1010. The number of hydrogen-bond donors (Lipinski definition) is 1. The lowest BCUT2D eigenvalue weighted by atomic mass is 10.0. The average molecular weight is 399 g/mol. The predicted molar refractivity (Wildman–Crippen MR) is 112 cm³/mol. The summed E-state index contributed by atoms with van der Waals surface area (Å²) in [5.41, 5.74) is 4.51. The molecule has 1 atom stereocenters. The molecule has 1 N–H and O–H groups in total. The number of pyridine rings is 1. The smallest absolute Gasteiger partial charge is 0.255 e. The summed E-state index contributed by atoms with van der Waals surface area (Å²) in [6.07, 6.45) is 3.36. The molecule has 27 heavy (non-hydrogen) atoms. The number of aryl methyl sites for hydroxylation is 1. The van der Waals surface area contributed by atoms with E-state index in [1.807, 2.05) is 43.3 Å². The van der Waals surface area contributed by atoms with Crippen LogP contribution in [0.3, 0.4) is 0 Å². The van der Waals surface area contributed by atoms with Crippen LogP contribution in [0.2, 0.25) is 5.02 Å². The quantitative estimate of drug-likeness (QED) is 0.668. The number of rotatable bonds is 5. The summed E-state index contributed by atoms with van der Waals surface area (Å²) in [5, 5.41) is 3.48. The second-order valence-corrected chi connectivity index (χ2v) is 8.07. The maximum Gasteiger partial charge on any atom is 0.255 e. The van der Waals surface area contributed by atoms with Crippen LogP contribution < -0.4 is 5.32 Å². The van der Waals surface area contributed by atoms with Gasteiger partial charge in [0.05, 0.1) is 10.7 Å². The van der Waals surface area contributed by atoms with Gasteiger partial charge in [0.1, 0.15) is 0 Å². The minimum Gasteiger partial charge on any atom is -0.322 e. The van der Waals surface area contributed by atoms with E-state index in [1.54, 1.807) is 30.7 Å². The first-order valence-electron chi connectivity index (χ1n) is 8.36. The first-order chi connectivity index (χ1) is 12.9. The zero-order valence-corrected chi connectivity index (χ0v) is 16.6. The number of hydrogen-bond acceptors (Lipinski definition) is 3. The molecule has 0 saturated carbocycles. The highest BCUT2D eigenvalue weighted by molar-refractivity contribution is 7.83. The molecule has 1 aromatic heterocycles. The normalized spacial score (nSPS) is 11.8. The second-order valence-electron chi connectivity index (χ2n) is 6.23. The Balaban J connectivity index is 1.83. The molecule has 0 spiro atoms. The van der Waals surface area contributed by atoms with Gasteiger partial charge in [-0.05, 0) is 54.4 Å². The van der Waals surface area contributed by atoms with E-state index in [0.29, 0.717) is 22.0 Å². The molecule has 0 aliphatic carbocycles. The monoisotopic (exact) mass is 398 g/mol. The van der Waals surface area contributed by atoms with E-state index in [9.17, 15) is 9.00 Å². The van der Waals surface area contributed by atoms with E-state index in [1.165, 1.54) is 0 Å². The van der Waals surface area contributed by atoms with Gasteiger partial charge >= 0.3 is 0 Å². The van der Waals surface area contributed by atoms with Gasteiger partial charge in [0.25, 0.3) is 5.91 Å². The third-order valence-electron chi connectivity index (χ3n) is 4.07.